The molecular formula is C25H30FN5O2S. The van der Waals surface area contributed by atoms with Crippen molar-refractivity contribution in [3.63, 3.8) is 0 Å². The van der Waals surface area contributed by atoms with Crippen molar-refractivity contribution in [3.05, 3.63) is 65.5 Å². The summed E-state index contributed by atoms with van der Waals surface area (Å²) >= 11 is 1.37. The maximum absolute atomic E-state index is 13.4. The number of rotatable bonds is 10. The molecule has 2 heterocycles. The number of thioether (sulfide) groups is 1. The van der Waals surface area contributed by atoms with Gasteiger partial charge in [-0.2, -0.15) is 0 Å². The van der Waals surface area contributed by atoms with Gasteiger partial charge in [-0.3, -0.25) is 9.69 Å². The summed E-state index contributed by atoms with van der Waals surface area (Å²) < 4.78 is 20.9. The zero-order valence-electron chi connectivity index (χ0n) is 19.4. The predicted molar refractivity (Wildman–Crippen MR) is 131 cm³/mol. The van der Waals surface area contributed by atoms with Crippen LogP contribution in [0.2, 0.25) is 0 Å². The molecule has 1 aliphatic heterocycles. The summed E-state index contributed by atoms with van der Waals surface area (Å²) in [6, 6.07) is 14.5. The van der Waals surface area contributed by atoms with Crippen LogP contribution in [0.3, 0.4) is 0 Å². The molecule has 0 aliphatic carbocycles. The van der Waals surface area contributed by atoms with E-state index in [0.29, 0.717) is 24.1 Å². The minimum atomic E-state index is -0.292. The van der Waals surface area contributed by atoms with Crippen LogP contribution in [0, 0.1) is 12.7 Å². The molecule has 1 aromatic heterocycles. The Morgan fingerprint density at radius 1 is 1.09 bits per heavy atom. The largest absolute Gasteiger partial charge is 0.379 e. The van der Waals surface area contributed by atoms with Gasteiger partial charge in [-0.25, -0.2) is 4.39 Å². The first-order chi connectivity index (χ1) is 16.6. The zero-order chi connectivity index (χ0) is 23.8. The topological polar surface area (TPSA) is 72.3 Å². The lowest BCUT2D eigenvalue weighted by atomic mass is 10.1. The molecule has 9 heteroatoms. The highest BCUT2D eigenvalue weighted by Gasteiger charge is 2.18. The van der Waals surface area contributed by atoms with Crippen molar-refractivity contribution < 1.29 is 13.9 Å². The third-order valence-corrected chi connectivity index (χ3v) is 6.84. The van der Waals surface area contributed by atoms with Gasteiger partial charge in [-0.05, 0) is 48.7 Å². The molecule has 0 radical (unpaired) electrons. The fraction of sp³-hybridized carbons (Fsp3) is 0.400. The summed E-state index contributed by atoms with van der Waals surface area (Å²) in [5.41, 5.74) is 3.26. The number of carbonyl (C=O) groups is 1. The Morgan fingerprint density at radius 3 is 2.62 bits per heavy atom. The van der Waals surface area contributed by atoms with Crippen LogP contribution >= 0.6 is 11.8 Å². The van der Waals surface area contributed by atoms with Crippen LogP contribution in [-0.4, -0.2) is 70.7 Å². The Labute approximate surface area is 203 Å². The van der Waals surface area contributed by atoms with Crippen LogP contribution in [0.15, 0.2) is 53.7 Å². The number of halogens is 1. The van der Waals surface area contributed by atoms with E-state index in [4.69, 9.17) is 4.74 Å². The smallest absolute Gasteiger partial charge is 0.230 e. The van der Waals surface area contributed by atoms with Crippen LogP contribution in [0.5, 0.6) is 0 Å². The van der Waals surface area contributed by atoms with Crippen molar-refractivity contribution in [2.24, 2.45) is 0 Å². The second kappa shape index (κ2) is 12.1. The van der Waals surface area contributed by atoms with E-state index in [1.807, 2.05) is 16.7 Å². The van der Waals surface area contributed by atoms with Gasteiger partial charge >= 0.3 is 0 Å². The highest BCUT2D eigenvalue weighted by molar-refractivity contribution is 7.99. The lowest BCUT2D eigenvalue weighted by Crippen LogP contribution is -2.38. The third kappa shape index (κ3) is 6.65. The number of amides is 1. The molecule has 0 atom stereocenters. The summed E-state index contributed by atoms with van der Waals surface area (Å²) in [6.45, 7) is 7.42. The molecule has 1 N–H and O–H groups in total. The van der Waals surface area contributed by atoms with E-state index in [9.17, 15) is 9.18 Å². The minimum absolute atomic E-state index is 0.0374. The van der Waals surface area contributed by atoms with E-state index in [0.717, 1.165) is 44.8 Å². The summed E-state index contributed by atoms with van der Waals surface area (Å²) in [5.74, 6) is 0.604. The molecule has 2 aromatic carbocycles. The first-order valence-electron chi connectivity index (χ1n) is 11.5. The Balaban J connectivity index is 1.38. The number of ether oxygens (including phenoxy) is 1. The van der Waals surface area contributed by atoms with Crippen LogP contribution in [0.1, 0.15) is 11.1 Å². The van der Waals surface area contributed by atoms with Gasteiger partial charge in [0.15, 0.2) is 11.0 Å². The molecule has 1 amide bonds. The van der Waals surface area contributed by atoms with Crippen molar-refractivity contribution in [1.82, 2.24) is 25.0 Å². The number of carbonyl (C=O) groups excluding carboxylic acids is 1. The van der Waals surface area contributed by atoms with Crippen molar-refractivity contribution in [1.29, 1.82) is 0 Å². The van der Waals surface area contributed by atoms with E-state index in [1.54, 1.807) is 12.1 Å². The normalized spacial score (nSPS) is 14.3. The summed E-state index contributed by atoms with van der Waals surface area (Å²) in [5, 5.41) is 12.4. The van der Waals surface area contributed by atoms with E-state index >= 15 is 0 Å². The van der Waals surface area contributed by atoms with Gasteiger partial charge in [0.1, 0.15) is 5.82 Å². The lowest BCUT2D eigenvalue weighted by Gasteiger charge is -2.27. The minimum Gasteiger partial charge on any atom is -0.379 e. The molecular weight excluding hydrogens is 453 g/mol. The number of morpholine rings is 1. The SMILES string of the molecule is Cc1ccccc1CCNC(=O)CSc1nnc(-c2ccc(F)cc2)n1CCN1CCOCC1. The molecule has 3 aromatic rings. The van der Waals surface area contributed by atoms with Crippen molar-refractivity contribution >= 4 is 17.7 Å². The molecule has 7 nitrogen and oxygen atoms in total. The molecule has 0 bridgehead atoms. The van der Waals surface area contributed by atoms with Gasteiger partial charge in [0.2, 0.25) is 5.91 Å². The maximum Gasteiger partial charge on any atom is 0.230 e. The van der Waals surface area contributed by atoms with Gasteiger partial charge in [0.05, 0.1) is 19.0 Å². The second-order valence-corrected chi connectivity index (χ2v) is 9.18. The monoisotopic (exact) mass is 483 g/mol. The molecule has 1 fully saturated rings. The van der Waals surface area contributed by atoms with E-state index in [-0.39, 0.29) is 17.5 Å². The molecule has 1 saturated heterocycles. The average Bonchev–Trinajstić information content (AvgIpc) is 3.26. The second-order valence-electron chi connectivity index (χ2n) is 8.23. The van der Waals surface area contributed by atoms with Gasteiger partial charge in [0.25, 0.3) is 0 Å². The molecule has 0 saturated carbocycles. The fourth-order valence-corrected chi connectivity index (χ4v) is 4.68. The standard InChI is InChI=1S/C25H30FN5O2S/c1-19-4-2-3-5-20(19)10-11-27-23(32)18-34-25-29-28-24(21-6-8-22(26)9-7-21)31(25)13-12-30-14-16-33-17-15-30/h2-9H,10-18H2,1H3,(H,27,32). The lowest BCUT2D eigenvalue weighted by molar-refractivity contribution is -0.118. The van der Waals surface area contributed by atoms with Gasteiger partial charge in [-0.15, -0.1) is 10.2 Å². The van der Waals surface area contributed by atoms with E-state index in [1.165, 1.54) is 35.0 Å². The summed E-state index contributed by atoms with van der Waals surface area (Å²) in [7, 11) is 0. The molecule has 34 heavy (non-hydrogen) atoms. The van der Waals surface area contributed by atoms with Crippen LogP contribution in [-0.2, 0) is 22.5 Å². The molecule has 180 valence electrons. The Kier molecular flexibility index (Phi) is 8.67. The van der Waals surface area contributed by atoms with E-state index < -0.39 is 0 Å². The van der Waals surface area contributed by atoms with Crippen molar-refractivity contribution in [2.45, 2.75) is 25.0 Å². The molecule has 1 aliphatic rings. The van der Waals surface area contributed by atoms with Crippen molar-refractivity contribution in [3.8, 4) is 11.4 Å². The maximum atomic E-state index is 13.4. The number of aryl methyl sites for hydroxylation is 1. The van der Waals surface area contributed by atoms with Crippen LogP contribution in [0.25, 0.3) is 11.4 Å². The number of benzene rings is 2. The Hall–Kier alpha value is -2.75. The van der Waals surface area contributed by atoms with Gasteiger partial charge in [-0.1, -0.05) is 36.0 Å². The van der Waals surface area contributed by atoms with Gasteiger partial charge in [0, 0.05) is 38.3 Å². The first kappa shape index (κ1) is 24.4. The predicted octanol–water partition coefficient (Wildman–Crippen LogP) is 3.18. The van der Waals surface area contributed by atoms with Gasteiger partial charge < -0.3 is 14.6 Å². The van der Waals surface area contributed by atoms with Crippen molar-refractivity contribution in [2.75, 3.05) is 45.1 Å². The third-order valence-electron chi connectivity index (χ3n) is 5.87. The number of hydrogen-bond donors (Lipinski definition) is 1. The van der Waals surface area contributed by atoms with Crippen LogP contribution in [0.4, 0.5) is 4.39 Å². The molecule has 0 spiro atoms. The Bertz CT molecular complexity index is 1080. The summed E-state index contributed by atoms with van der Waals surface area (Å²) in [4.78, 5) is 14.8. The highest BCUT2D eigenvalue weighted by Crippen LogP contribution is 2.24. The number of hydrogen-bond acceptors (Lipinski definition) is 6. The van der Waals surface area contributed by atoms with E-state index in [2.05, 4.69) is 39.5 Å². The molecule has 0 unspecified atom stereocenters. The molecule has 4 rings (SSSR count). The van der Waals surface area contributed by atoms with Crippen LogP contribution < -0.4 is 5.32 Å². The number of aromatic nitrogens is 3. The quantitative estimate of drug-likeness (QED) is 0.447. The average molecular weight is 484 g/mol. The zero-order valence-corrected chi connectivity index (χ0v) is 20.2. The fourth-order valence-electron chi connectivity index (χ4n) is 3.88. The summed E-state index contributed by atoms with van der Waals surface area (Å²) in [6.07, 6.45) is 0.799. The number of nitrogens with zero attached hydrogens (tertiary/aromatic N) is 4. The highest BCUT2D eigenvalue weighted by atomic mass is 32.2. The first-order valence-corrected chi connectivity index (χ1v) is 12.5. The Morgan fingerprint density at radius 2 is 1.85 bits per heavy atom. The number of nitrogens with one attached hydrogen (secondary N) is 1.